The second-order valence-corrected chi connectivity index (χ2v) is 4.16. The van der Waals surface area contributed by atoms with Gasteiger partial charge in [0.25, 0.3) is 0 Å². The monoisotopic (exact) mass is 233 g/mol. The molecule has 0 bridgehead atoms. The highest BCUT2D eigenvalue weighted by Crippen LogP contribution is 2.13. The molecule has 0 fully saturated rings. The van der Waals surface area contributed by atoms with Crippen molar-refractivity contribution in [1.29, 1.82) is 0 Å². The van der Waals surface area contributed by atoms with Gasteiger partial charge in [-0.2, -0.15) is 5.10 Å². The summed E-state index contributed by atoms with van der Waals surface area (Å²) in [5.41, 5.74) is 1.21. The van der Waals surface area contributed by atoms with Crippen LogP contribution in [0.15, 0.2) is 35.1 Å². The van der Waals surface area contributed by atoms with E-state index in [9.17, 15) is 0 Å². The summed E-state index contributed by atoms with van der Waals surface area (Å²) in [6.07, 6.45) is 4.65. The third kappa shape index (κ3) is 2.97. The SMILES string of the molecule is CCCn1nccc1CNC(C)c1ccco1. The van der Waals surface area contributed by atoms with E-state index in [1.165, 1.54) is 5.69 Å². The van der Waals surface area contributed by atoms with Crippen LogP contribution in [0.2, 0.25) is 0 Å². The molecule has 2 heterocycles. The molecule has 1 N–H and O–H groups in total. The molecule has 0 saturated heterocycles. The number of hydrogen-bond donors (Lipinski definition) is 1. The fourth-order valence-corrected chi connectivity index (χ4v) is 1.82. The minimum Gasteiger partial charge on any atom is -0.468 e. The fourth-order valence-electron chi connectivity index (χ4n) is 1.82. The van der Waals surface area contributed by atoms with Gasteiger partial charge >= 0.3 is 0 Å². The Morgan fingerprint density at radius 1 is 1.47 bits per heavy atom. The van der Waals surface area contributed by atoms with Crippen molar-refractivity contribution >= 4 is 0 Å². The zero-order chi connectivity index (χ0) is 12.1. The lowest BCUT2D eigenvalue weighted by Gasteiger charge is -2.12. The van der Waals surface area contributed by atoms with Crippen molar-refractivity contribution in [2.24, 2.45) is 0 Å². The number of hydrogen-bond acceptors (Lipinski definition) is 3. The van der Waals surface area contributed by atoms with E-state index in [0.717, 1.165) is 25.3 Å². The van der Waals surface area contributed by atoms with Crippen LogP contribution in [0.5, 0.6) is 0 Å². The summed E-state index contributed by atoms with van der Waals surface area (Å²) in [6, 6.07) is 6.17. The summed E-state index contributed by atoms with van der Waals surface area (Å²) in [4.78, 5) is 0. The van der Waals surface area contributed by atoms with Crippen LogP contribution in [0, 0.1) is 0 Å². The largest absolute Gasteiger partial charge is 0.468 e. The molecule has 17 heavy (non-hydrogen) atoms. The van der Waals surface area contributed by atoms with Gasteiger partial charge in [0.15, 0.2) is 0 Å². The van der Waals surface area contributed by atoms with E-state index in [2.05, 4.69) is 30.3 Å². The van der Waals surface area contributed by atoms with Gasteiger partial charge in [0.2, 0.25) is 0 Å². The number of aromatic nitrogens is 2. The van der Waals surface area contributed by atoms with Crippen LogP contribution in [0.3, 0.4) is 0 Å². The molecule has 0 radical (unpaired) electrons. The summed E-state index contributed by atoms with van der Waals surface area (Å²) in [7, 11) is 0. The topological polar surface area (TPSA) is 43.0 Å². The van der Waals surface area contributed by atoms with Gasteiger partial charge in [-0.1, -0.05) is 6.92 Å². The summed E-state index contributed by atoms with van der Waals surface area (Å²) >= 11 is 0. The number of nitrogens with zero attached hydrogens (tertiary/aromatic N) is 2. The van der Waals surface area contributed by atoms with E-state index in [-0.39, 0.29) is 6.04 Å². The molecule has 2 aromatic rings. The molecule has 0 aliphatic rings. The van der Waals surface area contributed by atoms with Crippen molar-refractivity contribution in [1.82, 2.24) is 15.1 Å². The van der Waals surface area contributed by atoms with Crippen molar-refractivity contribution < 1.29 is 4.42 Å². The highest BCUT2D eigenvalue weighted by atomic mass is 16.3. The number of nitrogens with one attached hydrogen (secondary N) is 1. The van der Waals surface area contributed by atoms with Gasteiger partial charge < -0.3 is 9.73 Å². The van der Waals surface area contributed by atoms with Gasteiger partial charge in [-0.3, -0.25) is 4.68 Å². The van der Waals surface area contributed by atoms with Crippen molar-refractivity contribution in [3.05, 3.63) is 42.1 Å². The Morgan fingerprint density at radius 3 is 3.06 bits per heavy atom. The van der Waals surface area contributed by atoms with Gasteiger partial charge in [-0.25, -0.2) is 0 Å². The molecule has 92 valence electrons. The van der Waals surface area contributed by atoms with E-state index >= 15 is 0 Å². The zero-order valence-corrected chi connectivity index (χ0v) is 10.4. The molecule has 2 aromatic heterocycles. The maximum absolute atomic E-state index is 5.36. The molecule has 4 nitrogen and oxygen atoms in total. The summed E-state index contributed by atoms with van der Waals surface area (Å²) < 4.78 is 7.40. The average molecular weight is 233 g/mol. The van der Waals surface area contributed by atoms with Crippen LogP contribution in [0.1, 0.15) is 37.8 Å². The number of rotatable bonds is 6. The second-order valence-electron chi connectivity index (χ2n) is 4.16. The summed E-state index contributed by atoms with van der Waals surface area (Å²) in [5.74, 6) is 0.964. The Labute approximate surface area is 102 Å². The van der Waals surface area contributed by atoms with Crippen molar-refractivity contribution in [3.63, 3.8) is 0 Å². The molecule has 0 aliphatic heterocycles. The van der Waals surface area contributed by atoms with Crippen LogP contribution in [0.25, 0.3) is 0 Å². The lowest BCUT2D eigenvalue weighted by molar-refractivity contribution is 0.423. The predicted molar refractivity (Wildman–Crippen MR) is 66.5 cm³/mol. The first kappa shape index (κ1) is 11.9. The Bertz CT molecular complexity index is 433. The van der Waals surface area contributed by atoms with Gasteiger partial charge in [0.1, 0.15) is 5.76 Å². The minimum atomic E-state index is 0.218. The predicted octanol–water partition coefficient (Wildman–Crippen LogP) is 2.74. The number of furan rings is 1. The molecule has 4 heteroatoms. The maximum atomic E-state index is 5.36. The normalized spacial score (nSPS) is 12.8. The first-order valence-corrected chi connectivity index (χ1v) is 6.08. The molecule has 2 rings (SSSR count). The maximum Gasteiger partial charge on any atom is 0.120 e. The summed E-state index contributed by atoms with van der Waals surface area (Å²) in [5, 5.41) is 7.73. The molecule has 0 amide bonds. The van der Waals surface area contributed by atoms with E-state index in [1.54, 1.807) is 6.26 Å². The summed E-state index contributed by atoms with van der Waals surface area (Å²) in [6.45, 7) is 6.03. The molecule has 1 atom stereocenters. The van der Waals surface area contributed by atoms with Gasteiger partial charge in [-0.05, 0) is 31.5 Å². The quantitative estimate of drug-likeness (QED) is 0.834. The lowest BCUT2D eigenvalue weighted by atomic mass is 10.2. The van der Waals surface area contributed by atoms with Gasteiger partial charge in [0.05, 0.1) is 18.0 Å². The lowest BCUT2D eigenvalue weighted by Crippen LogP contribution is -2.20. The molecule has 0 spiro atoms. The van der Waals surface area contributed by atoms with Crippen molar-refractivity contribution in [3.8, 4) is 0 Å². The van der Waals surface area contributed by atoms with E-state index in [0.29, 0.717) is 0 Å². The molecular formula is C13H19N3O. The molecular weight excluding hydrogens is 214 g/mol. The second kappa shape index (κ2) is 5.68. The smallest absolute Gasteiger partial charge is 0.120 e. The Kier molecular flexibility index (Phi) is 3.98. The van der Waals surface area contributed by atoms with Crippen LogP contribution >= 0.6 is 0 Å². The van der Waals surface area contributed by atoms with Gasteiger partial charge in [-0.15, -0.1) is 0 Å². The van der Waals surface area contributed by atoms with Crippen molar-refractivity contribution in [2.75, 3.05) is 0 Å². The fraction of sp³-hybridized carbons (Fsp3) is 0.462. The molecule has 1 unspecified atom stereocenters. The Morgan fingerprint density at radius 2 is 2.35 bits per heavy atom. The van der Waals surface area contributed by atoms with E-state index < -0.39 is 0 Å². The molecule has 0 aromatic carbocycles. The van der Waals surface area contributed by atoms with Gasteiger partial charge in [0, 0.05) is 19.3 Å². The van der Waals surface area contributed by atoms with E-state index in [4.69, 9.17) is 4.42 Å². The first-order chi connectivity index (χ1) is 8.31. The van der Waals surface area contributed by atoms with Crippen molar-refractivity contribution in [2.45, 2.75) is 39.4 Å². The minimum absolute atomic E-state index is 0.218. The average Bonchev–Trinajstić information content (AvgIpc) is 2.97. The van der Waals surface area contributed by atoms with Crippen LogP contribution < -0.4 is 5.32 Å². The highest BCUT2D eigenvalue weighted by Gasteiger charge is 2.08. The third-order valence-corrected chi connectivity index (χ3v) is 2.80. The highest BCUT2D eigenvalue weighted by molar-refractivity contribution is 5.05. The Balaban J connectivity index is 1.91. The van der Waals surface area contributed by atoms with E-state index in [1.807, 2.05) is 23.0 Å². The third-order valence-electron chi connectivity index (χ3n) is 2.80. The number of aryl methyl sites for hydroxylation is 1. The standard InChI is InChI=1S/C13H19N3O/c1-3-8-16-12(6-7-15-16)10-14-11(2)13-5-4-9-17-13/h4-7,9,11,14H,3,8,10H2,1-2H3. The van der Waals surface area contributed by atoms with Crippen LogP contribution in [-0.2, 0) is 13.1 Å². The zero-order valence-electron chi connectivity index (χ0n) is 10.4. The molecule has 0 aliphatic carbocycles. The first-order valence-electron chi connectivity index (χ1n) is 6.08. The van der Waals surface area contributed by atoms with Crippen LogP contribution in [0.4, 0.5) is 0 Å². The van der Waals surface area contributed by atoms with Crippen LogP contribution in [-0.4, -0.2) is 9.78 Å². The molecule has 0 saturated carbocycles. The Hall–Kier alpha value is -1.55.